The predicted molar refractivity (Wildman–Crippen MR) is 183 cm³/mol. The van der Waals surface area contributed by atoms with E-state index in [1.807, 2.05) is 18.2 Å². The lowest BCUT2D eigenvalue weighted by molar-refractivity contribution is 0.514. The Morgan fingerprint density at radius 1 is 0.385 bits per heavy atom. The molecule has 0 aliphatic rings. The van der Waals surface area contributed by atoms with Crippen LogP contribution in [-0.4, -0.2) is 6.69 Å². The van der Waals surface area contributed by atoms with Gasteiger partial charge >= 0.3 is 0 Å². The van der Waals surface area contributed by atoms with Gasteiger partial charge in [0.15, 0.2) is 0 Å². The summed E-state index contributed by atoms with van der Waals surface area (Å²) in [6.45, 7) is 0.0467. The first-order valence-electron chi connectivity index (χ1n) is 17.6. The van der Waals surface area contributed by atoms with Gasteiger partial charge in [0, 0.05) is 0 Å². The fourth-order valence-corrected chi connectivity index (χ4v) is 9.06. The Morgan fingerprint density at radius 2 is 0.641 bits per heavy atom. The maximum Gasteiger partial charge on any atom is 0.280 e. The molecule has 0 heterocycles. The number of rotatable bonds is 30. The fraction of sp³-hybridized carbons (Fsp3) is 0.833. The Labute approximate surface area is 256 Å². The normalized spacial score (nSPS) is 11.9. The molecule has 1 rings (SSSR count). The number of halogens is 2. The van der Waals surface area contributed by atoms with Gasteiger partial charge in [0.25, 0.3) is 6.69 Å². The van der Waals surface area contributed by atoms with Gasteiger partial charge in [-0.1, -0.05) is 217 Å². The average Bonchev–Trinajstić information content (AvgIpc) is 2.95. The Bertz CT molecular complexity index is 603. The monoisotopic (exact) mass is 596 g/mol. The lowest BCUT2D eigenvalue weighted by Gasteiger charge is -2.16. The van der Waals surface area contributed by atoms with E-state index >= 15 is 0 Å². The molecule has 0 spiro atoms. The zero-order chi connectivity index (χ0) is 28.1. The van der Waals surface area contributed by atoms with E-state index in [4.69, 9.17) is 22.2 Å². The van der Waals surface area contributed by atoms with Gasteiger partial charge in [0.1, 0.15) is 0 Å². The van der Waals surface area contributed by atoms with Gasteiger partial charge in [0.2, 0.25) is 0 Å². The molecule has 0 aromatic heterocycles. The molecule has 0 saturated heterocycles. The van der Waals surface area contributed by atoms with Crippen molar-refractivity contribution in [2.24, 2.45) is 0 Å². The molecule has 0 nitrogen and oxygen atoms in total. The van der Waals surface area contributed by atoms with Crippen LogP contribution in [0, 0.1) is 0 Å². The molecule has 3 heteroatoms. The van der Waals surface area contributed by atoms with Crippen LogP contribution in [0.3, 0.4) is 0 Å². The van der Waals surface area contributed by atoms with Crippen molar-refractivity contribution < 1.29 is 0 Å². The molecule has 0 N–H and O–H groups in total. The van der Waals surface area contributed by atoms with Crippen LogP contribution < -0.4 is 5.19 Å². The standard InChI is InChI=1S/C36H66Cl2Si/c1-2-3-4-5-6-7-8-9-10-11-12-13-14-15-16-17-18-19-20-21-22-23-24-25-26-27-28-32-35-39(37,38)36-33-30-29-31-34-36/h29-31,33-34H,2-28,32,35H2,1H3. The highest BCUT2D eigenvalue weighted by Gasteiger charge is 2.29. The number of unbranched alkanes of at least 4 members (excludes halogenated alkanes) is 27. The summed E-state index contributed by atoms with van der Waals surface area (Å²) in [7, 11) is 0. The van der Waals surface area contributed by atoms with Crippen LogP contribution in [0.4, 0.5) is 0 Å². The first-order chi connectivity index (χ1) is 19.2. The van der Waals surface area contributed by atoms with E-state index in [1.54, 1.807) is 0 Å². The molecule has 0 saturated carbocycles. The quantitative estimate of drug-likeness (QED) is 0.0470. The maximum atomic E-state index is 6.68. The van der Waals surface area contributed by atoms with Crippen LogP contribution in [0.25, 0.3) is 0 Å². The first-order valence-corrected chi connectivity index (χ1v) is 21.8. The highest BCUT2D eigenvalue weighted by Crippen LogP contribution is 2.24. The van der Waals surface area contributed by atoms with Gasteiger partial charge in [0.05, 0.1) is 0 Å². The van der Waals surface area contributed by atoms with Crippen molar-refractivity contribution in [3.63, 3.8) is 0 Å². The second-order valence-corrected chi connectivity index (χ2v) is 19.3. The van der Waals surface area contributed by atoms with Gasteiger partial charge in [-0.3, -0.25) is 0 Å². The van der Waals surface area contributed by atoms with Crippen LogP contribution in [0.2, 0.25) is 6.04 Å². The Morgan fingerprint density at radius 3 is 0.923 bits per heavy atom. The van der Waals surface area contributed by atoms with Gasteiger partial charge in [-0.25, -0.2) is 0 Å². The van der Waals surface area contributed by atoms with E-state index in [0.717, 1.165) is 6.04 Å². The third kappa shape index (κ3) is 24.3. The topological polar surface area (TPSA) is 0 Å². The molecule has 0 atom stereocenters. The lowest BCUT2D eigenvalue weighted by atomic mass is 10.0. The molecule has 1 aromatic rings. The van der Waals surface area contributed by atoms with Crippen LogP contribution in [-0.2, 0) is 0 Å². The molecule has 0 aliphatic carbocycles. The highest BCUT2D eigenvalue weighted by molar-refractivity contribution is 7.50. The molecule has 0 bridgehead atoms. The van der Waals surface area contributed by atoms with E-state index in [9.17, 15) is 0 Å². The van der Waals surface area contributed by atoms with E-state index in [0.29, 0.717) is 0 Å². The summed E-state index contributed by atoms with van der Waals surface area (Å²) in [5.41, 5.74) is 0. The highest BCUT2D eigenvalue weighted by atomic mass is 35.7. The molecule has 228 valence electrons. The summed E-state index contributed by atoms with van der Waals surface area (Å²) in [5.74, 6) is 0. The molecule has 0 fully saturated rings. The van der Waals surface area contributed by atoms with E-state index in [1.165, 1.54) is 185 Å². The molecule has 1 aromatic carbocycles. The van der Waals surface area contributed by atoms with Gasteiger partial charge in [-0.2, -0.15) is 0 Å². The summed E-state index contributed by atoms with van der Waals surface area (Å²) < 4.78 is 0. The van der Waals surface area contributed by atoms with Crippen LogP contribution >= 0.6 is 22.2 Å². The SMILES string of the molecule is CCCCCCCCCCCCCCCCCCCCCCCCCCCCCC[Si](Cl)(Cl)c1ccccc1. The minimum atomic E-state index is -2.26. The van der Waals surface area contributed by atoms with Crippen LogP contribution in [0.1, 0.15) is 187 Å². The third-order valence-corrected chi connectivity index (χ3v) is 13.1. The summed E-state index contributed by atoms with van der Waals surface area (Å²) in [5, 5.41) is 1.17. The average molecular weight is 598 g/mol. The van der Waals surface area contributed by atoms with Crippen molar-refractivity contribution in [1.82, 2.24) is 0 Å². The van der Waals surface area contributed by atoms with Crippen LogP contribution in [0.5, 0.6) is 0 Å². The Kier molecular flexibility index (Phi) is 26.7. The molecule has 0 unspecified atom stereocenters. The summed E-state index contributed by atoms with van der Waals surface area (Å²) in [6, 6.07) is 11.3. The summed E-state index contributed by atoms with van der Waals surface area (Å²) >= 11 is 13.4. The third-order valence-electron chi connectivity index (χ3n) is 8.54. The molecule has 39 heavy (non-hydrogen) atoms. The maximum absolute atomic E-state index is 6.68. The van der Waals surface area contributed by atoms with Crippen molar-refractivity contribution in [1.29, 1.82) is 0 Å². The van der Waals surface area contributed by atoms with E-state index in [-0.39, 0.29) is 0 Å². The minimum Gasteiger partial charge on any atom is -0.140 e. The number of hydrogen-bond acceptors (Lipinski definition) is 0. The second kappa shape index (κ2) is 28.2. The predicted octanol–water partition coefficient (Wildman–Crippen LogP) is 13.8. The van der Waals surface area contributed by atoms with Gasteiger partial charge in [-0.15, -0.1) is 22.2 Å². The molecule has 0 radical (unpaired) electrons. The molecular weight excluding hydrogens is 531 g/mol. The minimum absolute atomic E-state index is 0.986. The van der Waals surface area contributed by atoms with Crippen molar-refractivity contribution in [3.05, 3.63) is 30.3 Å². The van der Waals surface area contributed by atoms with Crippen molar-refractivity contribution >= 4 is 34.0 Å². The molecule has 0 amide bonds. The zero-order valence-corrected chi connectivity index (χ0v) is 28.7. The zero-order valence-electron chi connectivity index (χ0n) is 26.1. The van der Waals surface area contributed by atoms with Gasteiger partial charge in [-0.05, 0) is 11.2 Å². The summed E-state index contributed by atoms with van der Waals surface area (Å²) in [4.78, 5) is 0. The second-order valence-electron chi connectivity index (χ2n) is 12.4. The number of benzene rings is 1. The van der Waals surface area contributed by atoms with E-state index < -0.39 is 6.69 Å². The van der Waals surface area contributed by atoms with E-state index in [2.05, 4.69) is 19.1 Å². The smallest absolute Gasteiger partial charge is 0.140 e. The molecular formula is C36H66Cl2Si. The van der Waals surface area contributed by atoms with Gasteiger partial charge < -0.3 is 0 Å². The molecule has 0 aliphatic heterocycles. The summed E-state index contributed by atoms with van der Waals surface area (Å²) in [6.07, 6.45) is 40.2. The van der Waals surface area contributed by atoms with Crippen molar-refractivity contribution in [2.45, 2.75) is 193 Å². The Hall–Kier alpha value is 0.0169. The Balaban J connectivity index is 1.69. The fourth-order valence-electron chi connectivity index (χ4n) is 5.84. The van der Waals surface area contributed by atoms with Crippen molar-refractivity contribution in [2.75, 3.05) is 0 Å². The number of hydrogen-bond donors (Lipinski definition) is 0. The van der Waals surface area contributed by atoms with Crippen LogP contribution in [0.15, 0.2) is 30.3 Å². The first kappa shape index (κ1) is 37.0. The van der Waals surface area contributed by atoms with Crippen molar-refractivity contribution in [3.8, 4) is 0 Å². The largest absolute Gasteiger partial charge is 0.280 e. The lowest BCUT2D eigenvalue weighted by Crippen LogP contribution is -2.35.